The topological polar surface area (TPSA) is 54.5 Å². The van der Waals surface area contributed by atoms with Crippen molar-refractivity contribution in [1.29, 1.82) is 0 Å². The van der Waals surface area contributed by atoms with Crippen molar-refractivity contribution in [1.82, 2.24) is 15.2 Å². The Morgan fingerprint density at radius 3 is 3.07 bits per heavy atom. The highest BCUT2D eigenvalue weighted by atomic mass is 32.1. The zero-order chi connectivity index (χ0) is 18.3. The molecule has 0 saturated carbocycles. The number of ether oxygens (including phenoxy) is 1. The van der Waals surface area contributed by atoms with Crippen LogP contribution in [0.3, 0.4) is 0 Å². The van der Waals surface area contributed by atoms with E-state index in [4.69, 9.17) is 4.74 Å². The molecule has 142 valence electrons. The first-order valence-corrected chi connectivity index (χ1v) is 10.8. The van der Waals surface area contributed by atoms with Crippen molar-refractivity contribution in [2.75, 3.05) is 26.2 Å². The van der Waals surface area contributed by atoms with Gasteiger partial charge in [0.2, 0.25) is 0 Å². The summed E-state index contributed by atoms with van der Waals surface area (Å²) in [6.45, 7) is 3.55. The van der Waals surface area contributed by atoms with Crippen LogP contribution in [0.1, 0.15) is 57.4 Å². The number of pyridine rings is 1. The standard InChI is InChI=1S/C21H25N3O2S/c25-20(24-11-2-4-17(24)15-3-1-8-23-14-15)19-13-16-18(27-19)5-12-26-21(16)6-9-22-10-7-21/h1,3,8,13-14,17,22H,2,4-7,9-12H2. The van der Waals surface area contributed by atoms with Crippen LogP contribution >= 0.6 is 11.3 Å². The third-order valence-electron chi connectivity index (χ3n) is 6.21. The number of nitrogens with one attached hydrogen (secondary N) is 1. The summed E-state index contributed by atoms with van der Waals surface area (Å²) in [6.07, 6.45) is 8.66. The van der Waals surface area contributed by atoms with Crippen LogP contribution in [-0.2, 0) is 16.8 Å². The van der Waals surface area contributed by atoms with E-state index < -0.39 is 0 Å². The van der Waals surface area contributed by atoms with Crippen LogP contribution in [0, 0.1) is 0 Å². The maximum absolute atomic E-state index is 13.4. The smallest absolute Gasteiger partial charge is 0.264 e. The SMILES string of the molecule is O=C(c1cc2c(s1)CCOC21CCNCC1)N1CCCC1c1cccnc1. The molecule has 27 heavy (non-hydrogen) atoms. The van der Waals surface area contributed by atoms with Gasteiger partial charge in [-0.3, -0.25) is 9.78 Å². The first-order chi connectivity index (χ1) is 13.3. The average Bonchev–Trinajstić information content (AvgIpc) is 3.37. The van der Waals surface area contributed by atoms with E-state index in [-0.39, 0.29) is 17.6 Å². The predicted octanol–water partition coefficient (Wildman–Crippen LogP) is 3.27. The van der Waals surface area contributed by atoms with E-state index in [2.05, 4.69) is 22.4 Å². The lowest BCUT2D eigenvalue weighted by Crippen LogP contribution is -2.44. The number of rotatable bonds is 2. The largest absolute Gasteiger partial charge is 0.370 e. The molecular formula is C21H25N3O2S. The molecule has 2 aromatic rings. The second kappa shape index (κ2) is 7.00. The molecule has 5 nitrogen and oxygen atoms in total. The Kier molecular flexibility index (Phi) is 4.50. The Labute approximate surface area is 163 Å². The van der Waals surface area contributed by atoms with Gasteiger partial charge in [0, 0.05) is 30.2 Å². The van der Waals surface area contributed by atoms with Gasteiger partial charge in [0.05, 0.1) is 23.1 Å². The van der Waals surface area contributed by atoms with E-state index in [0.29, 0.717) is 0 Å². The molecule has 1 N–H and O–H groups in total. The van der Waals surface area contributed by atoms with Crippen LogP contribution in [0.15, 0.2) is 30.6 Å². The minimum atomic E-state index is -0.179. The molecular weight excluding hydrogens is 358 g/mol. The molecule has 5 heterocycles. The summed E-state index contributed by atoms with van der Waals surface area (Å²) in [5.41, 5.74) is 2.24. The van der Waals surface area contributed by atoms with Crippen molar-refractivity contribution < 1.29 is 9.53 Å². The number of carbonyl (C=O) groups excluding carboxylic acids is 1. The summed E-state index contributed by atoms with van der Waals surface area (Å²) >= 11 is 1.69. The number of fused-ring (bicyclic) bond motifs is 2. The highest BCUT2D eigenvalue weighted by Crippen LogP contribution is 2.44. The van der Waals surface area contributed by atoms with Gasteiger partial charge in [-0.1, -0.05) is 6.07 Å². The lowest BCUT2D eigenvalue weighted by molar-refractivity contribution is -0.0792. The lowest BCUT2D eigenvalue weighted by atomic mass is 9.83. The minimum absolute atomic E-state index is 0.148. The molecule has 1 atom stereocenters. The molecule has 0 radical (unpaired) electrons. The van der Waals surface area contributed by atoms with Crippen LogP contribution in [0.4, 0.5) is 0 Å². The van der Waals surface area contributed by atoms with Crippen molar-refractivity contribution in [3.05, 3.63) is 51.5 Å². The van der Waals surface area contributed by atoms with Crippen molar-refractivity contribution in [3.63, 3.8) is 0 Å². The number of aromatic nitrogens is 1. The molecule has 5 rings (SSSR count). The van der Waals surface area contributed by atoms with Crippen LogP contribution in [0.25, 0.3) is 0 Å². The van der Waals surface area contributed by atoms with E-state index >= 15 is 0 Å². The number of likely N-dealkylation sites (tertiary alicyclic amines) is 1. The van der Waals surface area contributed by atoms with Gasteiger partial charge >= 0.3 is 0 Å². The maximum Gasteiger partial charge on any atom is 0.264 e. The Balaban J connectivity index is 1.44. The van der Waals surface area contributed by atoms with Gasteiger partial charge in [-0.15, -0.1) is 11.3 Å². The summed E-state index contributed by atoms with van der Waals surface area (Å²) in [6, 6.07) is 6.33. The van der Waals surface area contributed by atoms with Gasteiger partial charge < -0.3 is 15.0 Å². The van der Waals surface area contributed by atoms with Gasteiger partial charge in [-0.05, 0) is 62.0 Å². The van der Waals surface area contributed by atoms with E-state index in [1.165, 1.54) is 10.4 Å². The third-order valence-corrected chi connectivity index (χ3v) is 7.40. The molecule has 2 fully saturated rings. The Hall–Kier alpha value is -1.76. The van der Waals surface area contributed by atoms with Crippen LogP contribution in [0.2, 0.25) is 0 Å². The summed E-state index contributed by atoms with van der Waals surface area (Å²) in [5, 5.41) is 3.43. The molecule has 1 amide bonds. The summed E-state index contributed by atoms with van der Waals surface area (Å²) in [4.78, 5) is 21.9. The van der Waals surface area contributed by atoms with Gasteiger partial charge in [0.15, 0.2) is 0 Å². The van der Waals surface area contributed by atoms with E-state index in [0.717, 1.165) is 68.8 Å². The highest BCUT2D eigenvalue weighted by molar-refractivity contribution is 7.14. The molecule has 1 unspecified atom stereocenters. The predicted molar refractivity (Wildman–Crippen MR) is 105 cm³/mol. The van der Waals surface area contributed by atoms with Crippen molar-refractivity contribution in [2.45, 2.75) is 43.7 Å². The number of amides is 1. The molecule has 0 aromatic carbocycles. The highest BCUT2D eigenvalue weighted by Gasteiger charge is 2.41. The Morgan fingerprint density at radius 1 is 1.37 bits per heavy atom. The quantitative estimate of drug-likeness (QED) is 0.865. The van der Waals surface area contributed by atoms with Gasteiger partial charge in [0.1, 0.15) is 0 Å². The van der Waals surface area contributed by atoms with Gasteiger partial charge in [-0.25, -0.2) is 0 Å². The zero-order valence-corrected chi connectivity index (χ0v) is 16.3. The number of nitrogens with zero attached hydrogens (tertiary/aromatic N) is 2. The second-order valence-electron chi connectivity index (χ2n) is 7.73. The van der Waals surface area contributed by atoms with Crippen molar-refractivity contribution in [3.8, 4) is 0 Å². The van der Waals surface area contributed by atoms with E-state index in [1.54, 1.807) is 17.5 Å². The molecule has 2 saturated heterocycles. The fourth-order valence-electron chi connectivity index (χ4n) is 4.84. The fourth-order valence-corrected chi connectivity index (χ4v) is 6.02. The Bertz CT molecular complexity index is 829. The summed E-state index contributed by atoms with van der Waals surface area (Å²) < 4.78 is 6.28. The van der Waals surface area contributed by atoms with E-state index in [1.807, 2.05) is 17.2 Å². The number of piperidine rings is 1. The number of hydrogen-bond donors (Lipinski definition) is 1. The molecule has 3 aliphatic rings. The minimum Gasteiger partial charge on any atom is -0.370 e. The monoisotopic (exact) mass is 383 g/mol. The maximum atomic E-state index is 13.4. The first kappa shape index (κ1) is 17.3. The molecule has 1 spiro atoms. The van der Waals surface area contributed by atoms with Crippen LogP contribution in [-0.4, -0.2) is 42.0 Å². The number of thiophene rings is 1. The van der Waals surface area contributed by atoms with Crippen molar-refractivity contribution in [2.24, 2.45) is 0 Å². The van der Waals surface area contributed by atoms with Crippen molar-refractivity contribution >= 4 is 17.2 Å². The van der Waals surface area contributed by atoms with Crippen LogP contribution in [0.5, 0.6) is 0 Å². The first-order valence-electron chi connectivity index (χ1n) is 9.96. The molecule has 0 aliphatic carbocycles. The van der Waals surface area contributed by atoms with Gasteiger partial charge in [-0.2, -0.15) is 0 Å². The second-order valence-corrected chi connectivity index (χ2v) is 8.87. The number of carbonyl (C=O) groups is 1. The van der Waals surface area contributed by atoms with E-state index in [9.17, 15) is 4.79 Å². The zero-order valence-electron chi connectivity index (χ0n) is 15.4. The molecule has 0 bridgehead atoms. The van der Waals surface area contributed by atoms with Crippen LogP contribution < -0.4 is 5.32 Å². The van der Waals surface area contributed by atoms with Gasteiger partial charge in [0.25, 0.3) is 5.91 Å². The summed E-state index contributed by atoms with van der Waals surface area (Å²) in [7, 11) is 0. The molecule has 2 aromatic heterocycles. The molecule has 6 heteroatoms. The average molecular weight is 384 g/mol. The summed E-state index contributed by atoms with van der Waals surface area (Å²) in [5.74, 6) is 0.171. The fraction of sp³-hybridized carbons (Fsp3) is 0.524. The number of hydrogen-bond acceptors (Lipinski definition) is 5. The Morgan fingerprint density at radius 2 is 2.26 bits per heavy atom. The third kappa shape index (κ3) is 3.00. The lowest BCUT2D eigenvalue weighted by Gasteiger charge is -2.40. The molecule has 3 aliphatic heterocycles. The normalized spacial score (nSPS) is 24.1.